The van der Waals surface area contributed by atoms with E-state index in [-0.39, 0.29) is 0 Å². The van der Waals surface area contributed by atoms with Gasteiger partial charge in [-0.2, -0.15) is 0 Å². The topological polar surface area (TPSA) is 58.9 Å². The van der Waals surface area contributed by atoms with E-state index in [2.05, 4.69) is 98.8 Å². The van der Waals surface area contributed by atoms with Gasteiger partial charge in [-0.05, 0) is 244 Å². The van der Waals surface area contributed by atoms with Gasteiger partial charge in [0.05, 0.1) is 13.2 Å². The standard InChI is InChI=1S/C62H68O4/c1-39-31-53(61(63)55(33-39)59-47-23-9-5-17-41(47)35-42-18-6-10-24-48(42)59)51-27-13-15-29-57(51)65-37-45-21-3-4-22-46(45)38-66-58-30-16-14-28-52(58)54-32-40(2)34-56(62(54)64)60-49-25-11-7-19-43(49)36-44-20-8-12-26-50(44)60/h13-16,27-36,45-46,63-64H,3-12,17-26,37-38H2,1-2H3/t45-,46?/m0/s1. The Labute approximate surface area is 393 Å². The van der Waals surface area contributed by atoms with Crippen molar-refractivity contribution < 1.29 is 19.7 Å². The maximum Gasteiger partial charge on any atom is 0.131 e. The molecule has 0 saturated heterocycles. The van der Waals surface area contributed by atoms with Gasteiger partial charge in [0.25, 0.3) is 0 Å². The second-order valence-electron chi connectivity index (χ2n) is 20.7. The van der Waals surface area contributed by atoms with Crippen LogP contribution in [-0.2, 0) is 51.4 Å². The predicted molar refractivity (Wildman–Crippen MR) is 270 cm³/mol. The van der Waals surface area contributed by atoms with E-state index < -0.39 is 0 Å². The molecule has 0 aliphatic heterocycles. The summed E-state index contributed by atoms with van der Waals surface area (Å²) in [6.45, 7) is 5.53. The molecule has 0 radical (unpaired) electrons. The lowest BCUT2D eigenvalue weighted by Crippen LogP contribution is -2.30. The lowest BCUT2D eigenvalue weighted by atomic mass is 9.76. The molecule has 0 aromatic heterocycles. The van der Waals surface area contributed by atoms with Crippen LogP contribution >= 0.6 is 0 Å². The predicted octanol–water partition coefficient (Wildman–Crippen LogP) is 15.2. The van der Waals surface area contributed by atoms with Crippen LogP contribution in [0, 0.1) is 25.7 Å². The molecular weight excluding hydrogens is 809 g/mol. The lowest BCUT2D eigenvalue weighted by molar-refractivity contribution is 0.105. The van der Waals surface area contributed by atoms with Crippen molar-refractivity contribution in [3.05, 3.63) is 141 Å². The Hall–Kier alpha value is -5.48. The molecule has 6 aromatic rings. The van der Waals surface area contributed by atoms with Gasteiger partial charge in [0.15, 0.2) is 0 Å². The summed E-state index contributed by atoms with van der Waals surface area (Å²) in [7, 11) is 0. The van der Waals surface area contributed by atoms with Gasteiger partial charge in [0.1, 0.15) is 23.0 Å². The third-order valence-corrected chi connectivity index (χ3v) is 16.3. The first-order valence-electron chi connectivity index (χ1n) is 25.8. The largest absolute Gasteiger partial charge is 0.507 e. The molecule has 6 aromatic carbocycles. The molecule has 4 nitrogen and oxygen atoms in total. The van der Waals surface area contributed by atoms with Crippen molar-refractivity contribution >= 4 is 0 Å². The van der Waals surface area contributed by atoms with Gasteiger partial charge < -0.3 is 19.7 Å². The number of para-hydroxylation sites is 2. The summed E-state index contributed by atoms with van der Waals surface area (Å²) in [6.07, 6.45) is 23.3. The summed E-state index contributed by atoms with van der Waals surface area (Å²) in [4.78, 5) is 0. The van der Waals surface area contributed by atoms with Crippen LogP contribution in [0.15, 0.2) is 84.9 Å². The summed E-state index contributed by atoms with van der Waals surface area (Å²) in [6, 6.07) is 30.4. The minimum Gasteiger partial charge on any atom is -0.507 e. The van der Waals surface area contributed by atoms with E-state index in [1.54, 1.807) is 0 Å². The van der Waals surface area contributed by atoms with Crippen LogP contribution in [0.25, 0.3) is 44.5 Å². The zero-order valence-corrected chi connectivity index (χ0v) is 39.5. The Morgan fingerprint density at radius 2 is 0.727 bits per heavy atom. The van der Waals surface area contributed by atoms with Gasteiger partial charge in [0, 0.05) is 33.4 Å². The molecule has 1 saturated carbocycles. The van der Waals surface area contributed by atoms with Crippen molar-refractivity contribution in [2.45, 2.75) is 142 Å². The second-order valence-corrected chi connectivity index (χ2v) is 20.7. The molecule has 1 unspecified atom stereocenters. The highest BCUT2D eigenvalue weighted by atomic mass is 16.5. The zero-order chi connectivity index (χ0) is 44.7. The number of aryl methyl sites for hydroxylation is 6. The minimum atomic E-state index is 0.331. The summed E-state index contributed by atoms with van der Waals surface area (Å²) in [5.41, 5.74) is 22.4. The number of fused-ring (bicyclic) bond motifs is 4. The van der Waals surface area contributed by atoms with Crippen LogP contribution < -0.4 is 9.47 Å². The first-order chi connectivity index (χ1) is 32.4. The normalized spacial score (nSPS) is 19.0. The molecule has 4 heteroatoms. The first-order valence-corrected chi connectivity index (χ1v) is 25.8. The van der Waals surface area contributed by atoms with Crippen molar-refractivity contribution in [1.29, 1.82) is 0 Å². The fourth-order valence-electron chi connectivity index (χ4n) is 13.0. The summed E-state index contributed by atoms with van der Waals surface area (Å²) in [5, 5.41) is 24.8. The molecule has 5 aliphatic rings. The van der Waals surface area contributed by atoms with Gasteiger partial charge in [-0.15, -0.1) is 0 Å². The summed E-state index contributed by atoms with van der Waals surface area (Å²) >= 11 is 0. The number of benzene rings is 6. The highest BCUT2D eigenvalue weighted by Crippen LogP contribution is 2.50. The molecule has 2 N–H and O–H groups in total. The number of hydrogen-bond acceptors (Lipinski definition) is 4. The molecule has 2 atom stereocenters. The van der Waals surface area contributed by atoms with Gasteiger partial charge in [-0.25, -0.2) is 0 Å². The van der Waals surface area contributed by atoms with E-state index in [1.807, 2.05) is 0 Å². The Morgan fingerprint density at radius 3 is 1.11 bits per heavy atom. The van der Waals surface area contributed by atoms with Crippen LogP contribution in [0.5, 0.6) is 23.0 Å². The van der Waals surface area contributed by atoms with Crippen LogP contribution in [0.1, 0.15) is 133 Å². The van der Waals surface area contributed by atoms with Gasteiger partial charge >= 0.3 is 0 Å². The van der Waals surface area contributed by atoms with E-state index in [0.29, 0.717) is 36.5 Å². The van der Waals surface area contributed by atoms with Crippen molar-refractivity contribution in [3.63, 3.8) is 0 Å². The van der Waals surface area contributed by atoms with Gasteiger partial charge in [-0.3, -0.25) is 0 Å². The Balaban J connectivity index is 0.857. The lowest BCUT2D eigenvalue weighted by Gasteiger charge is -2.32. The van der Waals surface area contributed by atoms with Crippen LogP contribution in [0.4, 0.5) is 0 Å². The summed E-state index contributed by atoms with van der Waals surface area (Å²) in [5.74, 6) is 3.06. The number of ether oxygens (including phenoxy) is 2. The molecule has 340 valence electrons. The van der Waals surface area contributed by atoms with Crippen molar-refractivity contribution in [2.24, 2.45) is 11.8 Å². The smallest absolute Gasteiger partial charge is 0.131 e. The molecular formula is C62H68O4. The zero-order valence-electron chi connectivity index (χ0n) is 39.5. The van der Waals surface area contributed by atoms with Crippen molar-refractivity contribution in [3.8, 4) is 67.5 Å². The fourth-order valence-corrected chi connectivity index (χ4v) is 13.0. The van der Waals surface area contributed by atoms with Crippen LogP contribution in [-0.4, -0.2) is 23.4 Å². The average Bonchev–Trinajstić information content (AvgIpc) is 3.35. The number of phenolic OH excluding ortho intramolecular Hbond substituents is 2. The first kappa shape index (κ1) is 43.1. The van der Waals surface area contributed by atoms with E-state index in [1.165, 1.54) is 120 Å². The second kappa shape index (κ2) is 18.7. The Morgan fingerprint density at radius 1 is 0.394 bits per heavy atom. The third-order valence-electron chi connectivity index (χ3n) is 16.3. The summed E-state index contributed by atoms with van der Waals surface area (Å²) < 4.78 is 13.8. The fraction of sp³-hybridized carbons (Fsp3) is 0.419. The molecule has 1 fully saturated rings. The van der Waals surface area contributed by atoms with E-state index in [0.717, 1.165) is 120 Å². The molecule has 0 heterocycles. The highest BCUT2D eigenvalue weighted by molar-refractivity contribution is 5.90. The molecule has 66 heavy (non-hydrogen) atoms. The van der Waals surface area contributed by atoms with Crippen molar-refractivity contribution in [2.75, 3.05) is 13.2 Å². The maximum absolute atomic E-state index is 12.4. The number of hydrogen-bond donors (Lipinski definition) is 2. The SMILES string of the molecule is Cc1cc(-c2ccccc2OCC2CCCC[C@H]2COc2ccccc2-c2cc(C)cc(-c3c4c(cc5c3CCCC5)CCCC4)c2O)c(O)c(-c2c3c(cc4c2CCCC4)CCCC3)c1. The van der Waals surface area contributed by atoms with Gasteiger partial charge in [0.2, 0.25) is 0 Å². The quantitative estimate of drug-likeness (QED) is 0.144. The molecule has 11 rings (SSSR count). The highest BCUT2D eigenvalue weighted by Gasteiger charge is 2.31. The third kappa shape index (κ3) is 8.22. The number of rotatable bonds is 10. The molecule has 0 amide bonds. The Kier molecular flexibility index (Phi) is 12.2. The molecule has 5 aliphatic carbocycles. The van der Waals surface area contributed by atoms with Crippen LogP contribution in [0.2, 0.25) is 0 Å². The maximum atomic E-state index is 12.4. The average molecular weight is 877 g/mol. The molecule has 0 bridgehead atoms. The monoisotopic (exact) mass is 877 g/mol. The Bertz CT molecular complexity index is 2530. The minimum absolute atomic E-state index is 0.331. The molecule has 0 spiro atoms. The van der Waals surface area contributed by atoms with E-state index in [9.17, 15) is 10.2 Å². The van der Waals surface area contributed by atoms with E-state index in [4.69, 9.17) is 9.47 Å². The number of aromatic hydroxyl groups is 2. The van der Waals surface area contributed by atoms with Gasteiger partial charge in [-0.1, -0.05) is 61.4 Å². The van der Waals surface area contributed by atoms with E-state index >= 15 is 0 Å². The van der Waals surface area contributed by atoms with Crippen molar-refractivity contribution in [1.82, 2.24) is 0 Å². The van der Waals surface area contributed by atoms with Crippen LogP contribution in [0.3, 0.4) is 0 Å². The number of phenols is 2.